The Labute approximate surface area is 198 Å². The lowest BCUT2D eigenvalue weighted by molar-refractivity contribution is 0.184. The normalized spacial score (nSPS) is 12.1. The van der Waals surface area contributed by atoms with Crippen molar-refractivity contribution in [1.29, 1.82) is 0 Å². The highest BCUT2D eigenvalue weighted by Gasteiger charge is 2.11. The Morgan fingerprint density at radius 3 is 2.62 bits per heavy atom. The van der Waals surface area contributed by atoms with Crippen molar-refractivity contribution in [2.45, 2.75) is 32.9 Å². The Kier molecular flexibility index (Phi) is 12.4. The number of guanidine groups is 1. The molecule has 1 heterocycles. The summed E-state index contributed by atoms with van der Waals surface area (Å²) in [7, 11) is 1.63. The number of hydrogen-bond acceptors (Lipinski definition) is 5. The Bertz CT molecular complexity index is 773. The zero-order valence-electron chi connectivity index (χ0n) is 16.9. The molecule has 0 aliphatic rings. The van der Waals surface area contributed by atoms with Gasteiger partial charge in [-0.05, 0) is 43.2 Å². The fraction of sp³-hybridized carbons (Fsp3) is 0.450. The number of aliphatic hydroxyl groups excluding tert-OH is 1. The molecule has 3 N–H and O–H groups in total. The summed E-state index contributed by atoms with van der Waals surface area (Å²) in [6.07, 6.45) is 0.299. The molecule has 1 atom stereocenters. The van der Waals surface area contributed by atoms with Gasteiger partial charge in [0.25, 0.3) is 0 Å². The number of halogens is 2. The first kappa shape index (κ1) is 25.8. The van der Waals surface area contributed by atoms with Crippen molar-refractivity contribution in [2.24, 2.45) is 4.99 Å². The predicted molar refractivity (Wildman–Crippen MR) is 131 cm³/mol. The van der Waals surface area contributed by atoms with Crippen molar-refractivity contribution in [3.63, 3.8) is 0 Å². The number of aliphatic hydroxyl groups is 1. The van der Waals surface area contributed by atoms with Gasteiger partial charge in [-0.3, -0.25) is 0 Å². The number of rotatable bonds is 10. The minimum atomic E-state index is -0.642. The number of nitrogens with one attached hydrogen (secondary N) is 2. The van der Waals surface area contributed by atoms with Crippen molar-refractivity contribution in [3.05, 3.63) is 45.1 Å². The molecule has 0 spiro atoms. The van der Waals surface area contributed by atoms with E-state index in [9.17, 15) is 5.11 Å². The van der Waals surface area contributed by atoms with Gasteiger partial charge in [-0.25, -0.2) is 4.99 Å². The molecule has 0 radical (unpaired) electrons. The molecule has 29 heavy (non-hydrogen) atoms. The summed E-state index contributed by atoms with van der Waals surface area (Å²) in [4.78, 5) is 5.41. The number of benzene rings is 1. The summed E-state index contributed by atoms with van der Waals surface area (Å²) in [5.41, 5.74) is 1.00. The number of nitrogens with zero attached hydrogens (tertiary/aromatic N) is 1. The number of aliphatic imine (C=N–C) groups is 1. The lowest BCUT2D eigenvalue weighted by atomic mass is 10.2. The van der Waals surface area contributed by atoms with Crippen molar-refractivity contribution in [2.75, 3.05) is 26.8 Å². The predicted octanol–water partition coefficient (Wildman–Crippen LogP) is 4.61. The maximum absolute atomic E-state index is 10.3. The second-order valence-electron chi connectivity index (χ2n) is 6.07. The van der Waals surface area contributed by atoms with Crippen molar-refractivity contribution >= 4 is 52.9 Å². The van der Waals surface area contributed by atoms with Crippen LogP contribution < -0.4 is 20.1 Å². The van der Waals surface area contributed by atoms with Gasteiger partial charge in [-0.1, -0.05) is 24.6 Å². The van der Waals surface area contributed by atoms with Crippen LogP contribution in [-0.2, 0) is 6.54 Å². The van der Waals surface area contributed by atoms with Gasteiger partial charge in [0.1, 0.15) is 6.10 Å². The third-order valence-electron chi connectivity index (χ3n) is 3.84. The molecule has 0 saturated heterocycles. The summed E-state index contributed by atoms with van der Waals surface area (Å²) in [6, 6.07) is 9.43. The van der Waals surface area contributed by atoms with E-state index in [1.54, 1.807) is 13.2 Å². The van der Waals surface area contributed by atoms with E-state index in [0.29, 0.717) is 35.7 Å². The number of methoxy groups -OCH3 is 1. The summed E-state index contributed by atoms with van der Waals surface area (Å²) in [6.45, 7) is 6.25. The molecule has 0 aliphatic heterocycles. The lowest BCUT2D eigenvalue weighted by Crippen LogP contribution is -2.39. The summed E-state index contributed by atoms with van der Waals surface area (Å²) >= 11 is 7.30. The molecule has 6 nitrogen and oxygen atoms in total. The fourth-order valence-corrected chi connectivity index (χ4v) is 3.50. The first-order valence-corrected chi connectivity index (χ1v) is 10.5. The second-order valence-corrected chi connectivity index (χ2v) is 7.81. The van der Waals surface area contributed by atoms with E-state index in [0.717, 1.165) is 29.2 Å². The highest BCUT2D eigenvalue weighted by molar-refractivity contribution is 14.0. The number of hydrogen-bond donors (Lipinski definition) is 3. The average Bonchev–Trinajstić information content (AvgIpc) is 3.14. The fourth-order valence-electron chi connectivity index (χ4n) is 2.46. The Hall–Kier alpha value is -1.23. The van der Waals surface area contributed by atoms with E-state index >= 15 is 0 Å². The topological polar surface area (TPSA) is 75.1 Å². The molecule has 0 aliphatic carbocycles. The maximum Gasteiger partial charge on any atom is 0.191 e. The van der Waals surface area contributed by atoms with Crippen molar-refractivity contribution in [1.82, 2.24) is 10.6 Å². The third-order valence-corrected chi connectivity index (χ3v) is 5.17. The first-order valence-electron chi connectivity index (χ1n) is 9.32. The zero-order chi connectivity index (χ0) is 20.4. The van der Waals surface area contributed by atoms with Gasteiger partial charge in [-0.15, -0.1) is 35.3 Å². The smallest absolute Gasteiger partial charge is 0.191 e. The quantitative estimate of drug-likeness (QED) is 0.228. The van der Waals surface area contributed by atoms with Crippen LogP contribution in [0.1, 0.15) is 36.8 Å². The highest BCUT2D eigenvalue weighted by Crippen LogP contribution is 2.28. The van der Waals surface area contributed by atoms with Gasteiger partial charge < -0.3 is 25.2 Å². The van der Waals surface area contributed by atoms with E-state index in [-0.39, 0.29) is 24.0 Å². The minimum Gasteiger partial charge on any atom is -0.493 e. The van der Waals surface area contributed by atoms with Gasteiger partial charge in [-0.2, -0.15) is 0 Å². The van der Waals surface area contributed by atoms with Gasteiger partial charge in [0, 0.05) is 18.0 Å². The molecule has 162 valence electrons. The first-order chi connectivity index (χ1) is 13.6. The van der Waals surface area contributed by atoms with E-state index in [1.165, 1.54) is 11.3 Å². The van der Waals surface area contributed by atoms with Gasteiger partial charge in [0.05, 0.1) is 24.6 Å². The van der Waals surface area contributed by atoms with Crippen LogP contribution in [0, 0.1) is 0 Å². The highest BCUT2D eigenvalue weighted by atomic mass is 127. The van der Waals surface area contributed by atoms with Crippen LogP contribution in [0.4, 0.5) is 0 Å². The van der Waals surface area contributed by atoms with Crippen LogP contribution in [-0.4, -0.2) is 37.9 Å². The number of thiophene rings is 1. The Morgan fingerprint density at radius 1 is 1.21 bits per heavy atom. The molecule has 1 aromatic carbocycles. The maximum atomic E-state index is 10.3. The monoisotopic (exact) mass is 553 g/mol. The Morgan fingerprint density at radius 2 is 2.00 bits per heavy atom. The largest absolute Gasteiger partial charge is 0.493 e. The minimum absolute atomic E-state index is 0. The molecule has 0 saturated carbocycles. The van der Waals surface area contributed by atoms with Crippen LogP contribution in [0.25, 0.3) is 0 Å². The van der Waals surface area contributed by atoms with Gasteiger partial charge in [0.15, 0.2) is 17.5 Å². The standard InChI is InChI=1S/C20H28ClN3O3S.HI/c1-4-10-27-16-7-6-14(11-17(16)26-3)12-23-20(22-5-2)24-13-15(25)18-8-9-19(21)28-18;/h6-9,11,15,25H,4-5,10,12-13H2,1-3H3,(H2,22,23,24);1H. The second kappa shape index (κ2) is 13.9. The summed E-state index contributed by atoms with van der Waals surface area (Å²) in [5.74, 6) is 2.07. The SMILES string of the molecule is CCCOc1ccc(CN=C(NCC)NCC(O)c2ccc(Cl)s2)cc1OC.I. The molecule has 0 amide bonds. The van der Waals surface area contributed by atoms with E-state index in [2.05, 4.69) is 22.5 Å². The molecule has 2 aromatic rings. The summed E-state index contributed by atoms with van der Waals surface area (Å²) < 4.78 is 11.8. The zero-order valence-corrected chi connectivity index (χ0v) is 20.8. The van der Waals surface area contributed by atoms with Crippen LogP contribution in [0.2, 0.25) is 4.34 Å². The molecule has 0 fully saturated rings. The molecule has 2 rings (SSSR count). The number of ether oxygens (including phenoxy) is 2. The van der Waals surface area contributed by atoms with E-state index < -0.39 is 6.10 Å². The third kappa shape index (κ3) is 8.57. The average molecular weight is 554 g/mol. The van der Waals surface area contributed by atoms with E-state index in [4.69, 9.17) is 21.1 Å². The molecule has 9 heteroatoms. The lowest BCUT2D eigenvalue weighted by Gasteiger charge is -2.15. The summed E-state index contributed by atoms with van der Waals surface area (Å²) in [5, 5.41) is 16.6. The molecule has 1 unspecified atom stereocenters. The Balaban J connectivity index is 0.00000420. The molecule has 0 bridgehead atoms. The van der Waals surface area contributed by atoms with Gasteiger partial charge >= 0.3 is 0 Å². The van der Waals surface area contributed by atoms with Gasteiger partial charge in [0.2, 0.25) is 0 Å². The molecule has 1 aromatic heterocycles. The molecular formula is C20H29ClIN3O3S. The van der Waals surface area contributed by atoms with Crippen LogP contribution in [0.5, 0.6) is 11.5 Å². The van der Waals surface area contributed by atoms with Crippen molar-refractivity contribution in [3.8, 4) is 11.5 Å². The van der Waals surface area contributed by atoms with Crippen molar-refractivity contribution < 1.29 is 14.6 Å². The van der Waals surface area contributed by atoms with Crippen LogP contribution in [0.15, 0.2) is 35.3 Å². The van der Waals surface area contributed by atoms with Crippen LogP contribution in [0.3, 0.4) is 0 Å². The molecular weight excluding hydrogens is 525 g/mol. The van der Waals surface area contributed by atoms with E-state index in [1.807, 2.05) is 31.2 Å². The van der Waals surface area contributed by atoms with Crippen LogP contribution >= 0.6 is 46.9 Å².